The number of hydrogen-bond acceptors (Lipinski definition) is 5. The van der Waals surface area contributed by atoms with Crippen LogP contribution in [0.4, 0.5) is 11.4 Å². The molecule has 0 radical (unpaired) electrons. The van der Waals surface area contributed by atoms with Crippen LogP contribution in [0.3, 0.4) is 0 Å². The van der Waals surface area contributed by atoms with Crippen LogP contribution in [-0.4, -0.2) is 42.3 Å². The molecular weight excluding hydrogens is 450 g/mol. The average molecular weight is 478 g/mol. The van der Waals surface area contributed by atoms with E-state index in [-0.39, 0.29) is 23.6 Å². The summed E-state index contributed by atoms with van der Waals surface area (Å²) < 4.78 is 5.41. The number of carbonyl (C=O) groups excluding carboxylic acids is 3. The molecule has 8 heteroatoms. The first-order chi connectivity index (χ1) is 16.5. The normalized spacial score (nSPS) is 15.4. The minimum absolute atomic E-state index is 0.0182. The van der Waals surface area contributed by atoms with Crippen LogP contribution in [0.25, 0.3) is 0 Å². The number of nitrogens with one attached hydrogen (secondary N) is 2. The molecule has 1 fully saturated rings. The molecular formula is C26H27N3O4S. The topological polar surface area (TPSA) is 87.7 Å². The van der Waals surface area contributed by atoms with Gasteiger partial charge in [-0.3, -0.25) is 14.4 Å². The fraction of sp³-hybridized carbons (Fsp3) is 0.269. The number of benzene rings is 2. The highest BCUT2D eigenvalue weighted by Crippen LogP contribution is 2.22. The van der Waals surface area contributed by atoms with Crippen LogP contribution in [0.15, 0.2) is 66.0 Å². The van der Waals surface area contributed by atoms with Crippen molar-refractivity contribution in [3.05, 3.63) is 76.5 Å². The molecule has 1 aliphatic rings. The van der Waals surface area contributed by atoms with Gasteiger partial charge in [-0.1, -0.05) is 6.07 Å². The van der Waals surface area contributed by atoms with Gasteiger partial charge in [-0.25, -0.2) is 0 Å². The second-order valence-electron chi connectivity index (χ2n) is 8.05. The van der Waals surface area contributed by atoms with E-state index in [2.05, 4.69) is 10.6 Å². The van der Waals surface area contributed by atoms with Gasteiger partial charge in [0.15, 0.2) is 0 Å². The van der Waals surface area contributed by atoms with Crippen LogP contribution in [0.1, 0.15) is 39.8 Å². The number of thiophene rings is 1. The molecule has 1 atom stereocenters. The van der Waals surface area contributed by atoms with Gasteiger partial charge in [0.05, 0.1) is 17.4 Å². The quantitative estimate of drug-likeness (QED) is 0.507. The molecule has 3 amide bonds. The maximum absolute atomic E-state index is 12.8. The van der Waals surface area contributed by atoms with Crippen molar-refractivity contribution in [2.75, 3.05) is 30.3 Å². The Kier molecular flexibility index (Phi) is 7.59. The molecule has 2 N–H and O–H groups in total. The Morgan fingerprint density at radius 2 is 1.71 bits per heavy atom. The van der Waals surface area contributed by atoms with Crippen molar-refractivity contribution in [1.82, 2.24) is 4.90 Å². The first kappa shape index (κ1) is 23.5. The van der Waals surface area contributed by atoms with Gasteiger partial charge in [0.2, 0.25) is 5.91 Å². The van der Waals surface area contributed by atoms with E-state index in [1.807, 2.05) is 24.4 Å². The second kappa shape index (κ2) is 11.0. The summed E-state index contributed by atoms with van der Waals surface area (Å²) in [6.07, 6.45) is 1.53. The smallest absolute Gasteiger partial charge is 0.263 e. The summed E-state index contributed by atoms with van der Waals surface area (Å²) in [6, 6.07) is 17.6. The van der Waals surface area contributed by atoms with Crippen LogP contribution in [-0.2, 0) is 4.79 Å². The molecule has 0 bridgehead atoms. The fourth-order valence-corrected chi connectivity index (χ4v) is 4.58. The predicted octanol–water partition coefficient (Wildman–Crippen LogP) is 4.89. The van der Waals surface area contributed by atoms with Crippen LogP contribution in [0.2, 0.25) is 0 Å². The first-order valence-corrected chi connectivity index (χ1v) is 12.2. The Hall–Kier alpha value is -3.65. The van der Waals surface area contributed by atoms with Gasteiger partial charge in [-0.2, -0.15) is 0 Å². The number of hydrogen-bond donors (Lipinski definition) is 2. The van der Waals surface area contributed by atoms with Gasteiger partial charge in [0, 0.05) is 30.0 Å². The van der Waals surface area contributed by atoms with Crippen molar-refractivity contribution < 1.29 is 19.1 Å². The van der Waals surface area contributed by atoms with E-state index >= 15 is 0 Å². The monoisotopic (exact) mass is 477 g/mol. The predicted molar refractivity (Wildman–Crippen MR) is 134 cm³/mol. The number of ether oxygens (including phenoxy) is 1. The van der Waals surface area contributed by atoms with Crippen molar-refractivity contribution >= 4 is 40.4 Å². The first-order valence-electron chi connectivity index (χ1n) is 11.3. The summed E-state index contributed by atoms with van der Waals surface area (Å²) in [5, 5.41) is 7.65. The van der Waals surface area contributed by atoms with Gasteiger partial charge < -0.3 is 20.3 Å². The minimum atomic E-state index is -0.264. The standard InChI is InChI=1S/C26H27N3O4S/c1-2-33-22-13-11-21(12-14-22)27-24(30)18-7-9-20(10-8-18)28-25(31)19-5-3-15-29(17-19)26(32)23-6-4-16-34-23/h4,6-14,16,19H,2-3,5,15,17H2,1H3,(H,27,30)(H,28,31). The summed E-state index contributed by atoms with van der Waals surface area (Å²) in [5.74, 6) is 0.112. The third-order valence-electron chi connectivity index (χ3n) is 5.65. The second-order valence-corrected chi connectivity index (χ2v) is 8.99. The Labute approximate surface area is 202 Å². The van der Waals surface area contributed by atoms with Gasteiger partial charge in [-0.15, -0.1) is 11.3 Å². The van der Waals surface area contributed by atoms with Crippen molar-refractivity contribution in [3.63, 3.8) is 0 Å². The number of nitrogens with zero attached hydrogens (tertiary/aromatic N) is 1. The van der Waals surface area contributed by atoms with Crippen molar-refractivity contribution in [2.45, 2.75) is 19.8 Å². The summed E-state index contributed by atoms with van der Waals surface area (Å²) in [5.41, 5.74) is 1.77. The lowest BCUT2D eigenvalue weighted by molar-refractivity contribution is -0.121. The fourth-order valence-electron chi connectivity index (χ4n) is 3.89. The average Bonchev–Trinajstić information content (AvgIpc) is 3.40. The largest absolute Gasteiger partial charge is 0.494 e. The van der Waals surface area contributed by atoms with E-state index < -0.39 is 0 Å². The van der Waals surface area contributed by atoms with E-state index in [0.717, 1.165) is 18.6 Å². The lowest BCUT2D eigenvalue weighted by Crippen LogP contribution is -2.43. The molecule has 4 rings (SSSR count). The molecule has 1 aromatic heterocycles. The number of rotatable bonds is 7. The van der Waals surface area contributed by atoms with E-state index in [1.54, 1.807) is 53.4 Å². The third-order valence-corrected chi connectivity index (χ3v) is 6.51. The molecule has 2 heterocycles. The maximum atomic E-state index is 12.8. The van der Waals surface area contributed by atoms with Crippen molar-refractivity contribution in [3.8, 4) is 5.75 Å². The number of piperidine rings is 1. The summed E-state index contributed by atoms with van der Waals surface area (Å²) in [6.45, 7) is 3.57. The van der Waals surface area contributed by atoms with Crippen molar-refractivity contribution in [1.29, 1.82) is 0 Å². The van der Waals surface area contributed by atoms with Crippen molar-refractivity contribution in [2.24, 2.45) is 5.92 Å². The zero-order chi connectivity index (χ0) is 23.9. The molecule has 3 aromatic rings. The Morgan fingerprint density at radius 1 is 1.00 bits per heavy atom. The molecule has 1 aliphatic heterocycles. The maximum Gasteiger partial charge on any atom is 0.263 e. The molecule has 7 nitrogen and oxygen atoms in total. The molecule has 176 valence electrons. The van der Waals surface area contributed by atoms with Crippen LogP contribution in [0, 0.1) is 5.92 Å². The molecule has 1 unspecified atom stereocenters. The Morgan fingerprint density at radius 3 is 2.38 bits per heavy atom. The van der Waals surface area contributed by atoms with Crippen LogP contribution in [0.5, 0.6) is 5.75 Å². The third kappa shape index (κ3) is 5.82. The summed E-state index contributed by atoms with van der Waals surface area (Å²) >= 11 is 1.41. The van der Waals surface area contributed by atoms with E-state index in [9.17, 15) is 14.4 Å². The van der Waals surface area contributed by atoms with Gasteiger partial charge >= 0.3 is 0 Å². The molecule has 2 aromatic carbocycles. The number of likely N-dealkylation sites (tertiary alicyclic amines) is 1. The van der Waals surface area contributed by atoms with Gasteiger partial charge in [0.1, 0.15) is 5.75 Å². The van der Waals surface area contributed by atoms with E-state index in [0.29, 0.717) is 41.5 Å². The van der Waals surface area contributed by atoms with E-state index in [1.165, 1.54) is 11.3 Å². The Balaban J connectivity index is 1.31. The lowest BCUT2D eigenvalue weighted by atomic mass is 9.96. The highest BCUT2D eigenvalue weighted by atomic mass is 32.1. The minimum Gasteiger partial charge on any atom is -0.494 e. The molecule has 0 saturated carbocycles. The van der Waals surface area contributed by atoms with Gasteiger partial charge in [0.25, 0.3) is 11.8 Å². The molecule has 0 aliphatic carbocycles. The number of anilines is 2. The zero-order valence-electron chi connectivity index (χ0n) is 19.0. The number of carbonyl (C=O) groups is 3. The highest BCUT2D eigenvalue weighted by molar-refractivity contribution is 7.12. The lowest BCUT2D eigenvalue weighted by Gasteiger charge is -2.31. The number of amides is 3. The Bertz CT molecular complexity index is 1130. The van der Waals surface area contributed by atoms with Gasteiger partial charge in [-0.05, 0) is 79.7 Å². The van der Waals surface area contributed by atoms with Crippen LogP contribution >= 0.6 is 11.3 Å². The summed E-state index contributed by atoms with van der Waals surface area (Å²) in [4.78, 5) is 40.4. The summed E-state index contributed by atoms with van der Waals surface area (Å²) in [7, 11) is 0. The zero-order valence-corrected chi connectivity index (χ0v) is 19.8. The van der Waals surface area contributed by atoms with Crippen LogP contribution < -0.4 is 15.4 Å². The molecule has 1 saturated heterocycles. The molecule has 34 heavy (non-hydrogen) atoms. The highest BCUT2D eigenvalue weighted by Gasteiger charge is 2.29. The SMILES string of the molecule is CCOc1ccc(NC(=O)c2ccc(NC(=O)C3CCCN(C(=O)c4cccs4)C3)cc2)cc1. The van der Waals surface area contributed by atoms with E-state index in [4.69, 9.17) is 4.74 Å². The molecule has 0 spiro atoms.